The number of benzene rings is 2. The molecule has 0 spiro atoms. The number of thioether (sulfide) groups is 2. The van der Waals surface area contributed by atoms with Crippen LogP contribution in [0.5, 0.6) is 11.5 Å². The number of quaternary nitrogens is 1. The summed E-state index contributed by atoms with van der Waals surface area (Å²) in [5, 5.41) is 18.9. The van der Waals surface area contributed by atoms with Crippen LogP contribution in [0.15, 0.2) is 58.3 Å². The number of phenolic OH excluding ortho intramolecular Hbond substituents is 2. The maximum atomic E-state index is 9.47. The summed E-state index contributed by atoms with van der Waals surface area (Å²) in [6.45, 7) is 15.1. The third-order valence-electron chi connectivity index (χ3n) is 6.15. The molecule has 2 aromatic carbocycles. The zero-order chi connectivity index (χ0) is 22.5. The molecule has 180 valence electrons. The molecule has 0 heterocycles. The van der Waals surface area contributed by atoms with Gasteiger partial charge in [-0.05, 0) is 69.3 Å². The number of halogens is 1. The minimum Gasteiger partial charge on any atom is -1.00 e. The number of hydrogen-bond acceptors (Lipinski definition) is 5. The van der Waals surface area contributed by atoms with E-state index in [4.69, 9.17) is 0 Å². The zero-order valence-corrected chi connectivity index (χ0v) is 22.9. The van der Waals surface area contributed by atoms with E-state index >= 15 is 0 Å². The predicted molar refractivity (Wildman–Crippen MR) is 135 cm³/mol. The molecule has 7 heteroatoms. The molecule has 2 rings (SSSR count). The Morgan fingerprint density at radius 2 is 1.09 bits per heavy atom. The second-order valence-electron chi connectivity index (χ2n) is 7.89. The largest absolute Gasteiger partial charge is 1.00 e. The van der Waals surface area contributed by atoms with Crippen LogP contribution < -0.4 is 17.0 Å². The maximum Gasteiger partial charge on any atom is 0.115 e. The summed E-state index contributed by atoms with van der Waals surface area (Å²) in [5.74, 6) is 2.73. The van der Waals surface area contributed by atoms with Crippen molar-refractivity contribution in [2.24, 2.45) is 0 Å². The fourth-order valence-corrected chi connectivity index (χ4v) is 5.61. The van der Waals surface area contributed by atoms with Crippen molar-refractivity contribution in [2.75, 3.05) is 57.3 Å². The monoisotopic (exact) mass is 542 g/mol. The molecular formula is C25H39BrN2O2S2. The molecule has 0 aliphatic heterocycles. The topological polar surface area (TPSA) is 43.7 Å². The van der Waals surface area contributed by atoms with Crippen molar-refractivity contribution in [3.05, 3.63) is 48.5 Å². The Hall–Kier alpha value is -0.860. The van der Waals surface area contributed by atoms with Gasteiger partial charge in [0.1, 0.15) is 11.5 Å². The molecule has 0 radical (unpaired) electrons. The van der Waals surface area contributed by atoms with Gasteiger partial charge in [0.2, 0.25) is 0 Å². The molecule has 0 saturated heterocycles. The van der Waals surface area contributed by atoms with Crippen LogP contribution in [0, 0.1) is 0 Å². The highest BCUT2D eigenvalue weighted by Crippen LogP contribution is 2.22. The Bertz CT molecular complexity index is 681. The van der Waals surface area contributed by atoms with Crippen LogP contribution in [0.1, 0.15) is 27.2 Å². The highest BCUT2D eigenvalue weighted by molar-refractivity contribution is 7.99. The van der Waals surface area contributed by atoms with Crippen molar-refractivity contribution in [1.29, 1.82) is 0 Å². The summed E-state index contributed by atoms with van der Waals surface area (Å²) in [6, 6.07) is 15.0. The maximum absolute atomic E-state index is 9.47. The van der Waals surface area contributed by atoms with Crippen LogP contribution in [0.25, 0.3) is 0 Å². The lowest BCUT2D eigenvalue weighted by Gasteiger charge is -2.36. The summed E-state index contributed by atoms with van der Waals surface area (Å²) < 4.78 is 1.21. The molecule has 32 heavy (non-hydrogen) atoms. The number of rotatable bonds is 15. The van der Waals surface area contributed by atoms with E-state index in [1.165, 1.54) is 46.9 Å². The fourth-order valence-electron chi connectivity index (χ4n) is 3.78. The molecule has 0 fully saturated rings. The molecule has 0 aliphatic rings. The van der Waals surface area contributed by atoms with E-state index < -0.39 is 0 Å². The van der Waals surface area contributed by atoms with E-state index in [1.807, 2.05) is 47.8 Å². The van der Waals surface area contributed by atoms with Gasteiger partial charge < -0.3 is 36.6 Å². The van der Waals surface area contributed by atoms with Gasteiger partial charge in [0.05, 0.1) is 26.2 Å². The average Bonchev–Trinajstić information content (AvgIpc) is 2.79. The normalized spacial score (nSPS) is 11.5. The minimum atomic E-state index is 0. The smallest absolute Gasteiger partial charge is 0.115 e. The van der Waals surface area contributed by atoms with Crippen LogP contribution in [-0.4, -0.2) is 76.9 Å². The van der Waals surface area contributed by atoms with Crippen LogP contribution in [0.2, 0.25) is 0 Å². The van der Waals surface area contributed by atoms with Gasteiger partial charge in [-0.3, -0.25) is 0 Å². The summed E-state index contributed by atoms with van der Waals surface area (Å²) >= 11 is 3.70. The lowest BCUT2D eigenvalue weighted by atomic mass is 10.2. The predicted octanol–water partition coefficient (Wildman–Crippen LogP) is 2.55. The second kappa shape index (κ2) is 15.9. The molecule has 0 atom stereocenters. The number of phenols is 2. The van der Waals surface area contributed by atoms with Gasteiger partial charge in [-0.2, -0.15) is 0 Å². The lowest BCUT2D eigenvalue weighted by molar-refractivity contribution is -0.923. The highest BCUT2D eigenvalue weighted by Gasteiger charge is 2.20. The first-order chi connectivity index (χ1) is 15.0. The molecule has 0 unspecified atom stereocenters. The summed E-state index contributed by atoms with van der Waals surface area (Å²) in [6.07, 6.45) is 1.23. The van der Waals surface area contributed by atoms with E-state index in [0.29, 0.717) is 11.5 Å². The quantitative estimate of drug-likeness (QED) is 0.267. The summed E-state index contributed by atoms with van der Waals surface area (Å²) in [5.41, 5.74) is 0. The number of hydrogen-bond donors (Lipinski definition) is 2. The number of nitrogens with zero attached hydrogens (tertiary/aromatic N) is 2. The van der Waals surface area contributed by atoms with Crippen molar-refractivity contribution in [3.8, 4) is 11.5 Å². The van der Waals surface area contributed by atoms with Crippen molar-refractivity contribution in [1.82, 2.24) is 4.90 Å². The highest BCUT2D eigenvalue weighted by atomic mass is 79.9. The van der Waals surface area contributed by atoms with E-state index in [0.717, 1.165) is 31.1 Å². The molecule has 0 aliphatic carbocycles. The lowest BCUT2D eigenvalue weighted by Crippen LogP contribution is -3.00. The van der Waals surface area contributed by atoms with Crippen LogP contribution in [-0.2, 0) is 0 Å². The summed E-state index contributed by atoms with van der Waals surface area (Å²) in [7, 11) is 0. The molecule has 2 N–H and O–H groups in total. The van der Waals surface area contributed by atoms with Gasteiger partial charge in [0, 0.05) is 47.4 Å². The Morgan fingerprint density at radius 1 is 0.688 bits per heavy atom. The Labute approximate surface area is 213 Å². The second-order valence-corrected chi connectivity index (χ2v) is 10.2. The Kier molecular flexibility index (Phi) is 14.5. The standard InChI is InChI=1S/C25H38N2O2S2.BrH/c1-4-27(5-2,6-3)19-7-16-26(17-20-30-24-12-8-22(28)9-13-24)18-21-31-25-14-10-23(29)11-15-25;/h8-15H,4-7,16-21H2,1-3H3,(H-,28,29);1H. The molecule has 0 saturated carbocycles. The van der Waals surface area contributed by atoms with Gasteiger partial charge in [-0.15, -0.1) is 23.5 Å². The van der Waals surface area contributed by atoms with Gasteiger partial charge in [-0.1, -0.05) is 0 Å². The summed E-state index contributed by atoms with van der Waals surface area (Å²) in [4.78, 5) is 5.00. The van der Waals surface area contributed by atoms with E-state index in [1.54, 1.807) is 24.3 Å². The van der Waals surface area contributed by atoms with E-state index in [-0.39, 0.29) is 17.0 Å². The molecule has 0 bridgehead atoms. The van der Waals surface area contributed by atoms with Crippen LogP contribution in [0.3, 0.4) is 0 Å². The Balaban J connectivity index is 0.00000512. The van der Waals surface area contributed by atoms with Crippen molar-refractivity contribution >= 4 is 23.5 Å². The van der Waals surface area contributed by atoms with Crippen molar-refractivity contribution in [2.45, 2.75) is 37.0 Å². The first kappa shape index (κ1) is 29.2. The average molecular weight is 544 g/mol. The Morgan fingerprint density at radius 3 is 1.47 bits per heavy atom. The van der Waals surface area contributed by atoms with E-state index in [9.17, 15) is 10.2 Å². The molecule has 2 aromatic rings. The van der Waals surface area contributed by atoms with Gasteiger partial charge in [-0.25, -0.2) is 0 Å². The van der Waals surface area contributed by atoms with Gasteiger partial charge >= 0.3 is 0 Å². The van der Waals surface area contributed by atoms with E-state index in [2.05, 4.69) is 25.7 Å². The fraction of sp³-hybridized carbons (Fsp3) is 0.520. The SMILES string of the molecule is CC[N+](CC)(CC)CCCN(CCSc1ccc(O)cc1)CCSc1ccc(O)cc1.[Br-]. The first-order valence-corrected chi connectivity index (χ1v) is 13.4. The third kappa shape index (κ3) is 10.4. The minimum absolute atomic E-state index is 0. The number of aromatic hydroxyl groups is 2. The third-order valence-corrected chi connectivity index (χ3v) is 8.13. The van der Waals surface area contributed by atoms with Crippen LogP contribution in [0.4, 0.5) is 0 Å². The molecular weight excluding hydrogens is 504 g/mol. The zero-order valence-electron chi connectivity index (χ0n) is 19.7. The molecule has 0 aromatic heterocycles. The first-order valence-electron chi connectivity index (χ1n) is 11.4. The molecule has 0 amide bonds. The van der Waals surface area contributed by atoms with Gasteiger partial charge in [0.25, 0.3) is 0 Å². The molecule has 4 nitrogen and oxygen atoms in total. The van der Waals surface area contributed by atoms with Crippen molar-refractivity contribution < 1.29 is 31.7 Å². The van der Waals surface area contributed by atoms with Gasteiger partial charge in [0.15, 0.2) is 0 Å². The van der Waals surface area contributed by atoms with Crippen LogP contribution >= 0.6 is 23.5 Å². The van der Waals surface area contributed by atoms with Crippen molar-refractivity contribution in [3.63, 3.8) is 0 Å².